The summed E-state index contributed by atoms with van der Waals surface area (Å²) < 4.78 is 2.01. The van der Waals surface area contributed by atoms with Gasteiger partial charge in [-0.05, 0) is 36.6 Å². The van der Waals surface area contributed by atoms with Gasteiger partial charge in [-0.25, -0.2) is 4.98 Å². The molecule has 0 unspecified atom stereocenters. The predicted molar refractivity (Wildman–Crippen MR) is 124 cm³/mol. The van der Waals surface area contributed by atoms with E-state index in [0.29, 0.717) is 54.3 Å². The lowest BCUT2D eigenvalue weighted by Crippen LogP contribution is -2.26. The van der Waals surface area contributed by atoms with Crippen LogP contribution in [0, 0.1) is 0 Å². The molecule has 4 rings (SSSR count). The van der Waals surface area contributed by atoms with Gasteiger partial charge < -0.3 is 16.0 Å². The molecular formula is C22H26ClN7O2. The lowest BCUT2D eigenvalue weighted by Gasteiger charge is -2.11. The Morgan fingerprint density at radius 3 is 2.81 bits per heavy atom. The molecule has 1 aromatic carbocycles. The van der Waals surface area contributed by atoms with Gasteiger partial charge in [-0.3, -0.25) is 14.3 Å². The van der Waals surface area contributed by atoms with Crippen molar-refractivity contribution in [3.63, 3.8) is 0 Å². The topological polar surface area (TPSA) is 114 Å². The second-order valence-electron chi connectivity index (χ2n) is 7.93. The summed E-state index contributed by atoms with van der Waals surface area (Å²) in [6, 6.07) is 5.72. The first-order valence-electron chi connectivity index (χ1n) is 10.8. The normalized spacial score (nSPS) is 13.9. The number of aromatic nitrogens is 4. The Labute approximate surface area is 191 Å². The Balaban J connectivity index is 1.68. The number of nitrogens with one attached hydrogen (secondary N) is 3. The fourth-order valence-corrected chi connectivity index (χ4v) is 4.25. The molecule has 1 saturated carbocycles. The first kappa shape index (κ1) is 22.0. The largest absolute Gasteiger partial charge is 0.355 e. The van der Waals surface area contributed by atoms with Crippen LogP contribution in [0.1, 0.15) is 49.9 Å². The van der Waals surface area contributed by atoms with Crippen LogP contribution in [0.2, 0.25) is 5.02 Å². The van der Waals surface area contributed by atoms with E-state index >= 15 is 0 Å². The monoisotopic (exact) mass is 455 g/mol. The van der Waals surface area contributed by atoms with Crippen molar-refractivity contribution >= 4 is 46.6 Å². The van der Waals surface area contributed by atoms with Gasteiger partial charge in [-0.2, -0.15) is 10.1 Å². The molecule has 32 heavy (non-hydrogen) atoms. The maximum atomic E-state index is 11.1. The van der Waals surface area contributed by atoms with Crippen molar-refractivity contribution in [2.75, 3.05) is 23.7 Å². The summed E-state index contributed by atoms with van der Waals surface area (Å²) in [6.07, 6.45) is 7.76. The number of carbonyl (C=O) groups excluding carboxylic acids is 2. The molecule has 3 N–H and O–H groups in total. The third-order valence-corrected chi connectivity index (χ3v) is 5.83. The van der Waals surface area contributed by atoms with E-state index in [4.69, 9.17) is 21.7 Å². The molecule has 2 heterocycles. The third kappa shape index (κ3) is 5.16. The van der Waals surface area contributed by atoms with Crippen molar-refractivity contribution in [3.8, 4) is 0 Å². The molecule has 1 aliphatic rings. The fraction of sp³-hybridized carbons (Fsp3) is 0.409. The van der Waals surface area contributed by atoms with E-state index in [9.17, 15) is 9.59 Å². The van der Waals surface area contributed by atoms with Crippen molar-refractivity contribution in [2.45, 2.75) is 45.1 Å². The molecular weight excluding hydrogens is 430 g/mol. The van der Waals surface area contributed by atoms with Crippen LogP contribution in [0.15, 0.2) is 24.4 Å². The van der Waals surface area contributed by atoms with E-state index in [1.165, 1.54) is 19.8 Å². The number of hydrogen-bond acceptors (Lipinski definition) is 6. The highest BCUT2D eigenvalue weighted by Crippen LogP contribution is 2.31. The Kier molecular flexibility index (Phi) is 6.84. The zero-order valence-corrected chi connectivity index (χ0v) is 18.7. The molecule has 0 atom stereocenters. The van der Waals surface area contributed by atoms with Crippen molar-refractivity contribution in [1.82, 2.24) is 25.1 Å². The number of benzene rings is 1. The number of carbonyl (C=O) groups is 2. The van der Waals surface area contributed by atoms with Crippen molar-refractivity contribution in [3.05, 3.63) is 40.7 Å². The zero-order chi connectivity index (χ0) is 22.5. The lowest BCUT2D eigenvalue weighted by molar-refractivity contribution is -0.118. The predicted octanol–water partition coefficient (Wildman–Crippen LogP) is 3.30. The highest BCUT2D eigenvalue weighted by Gasteiger charge is 2.21. The minimum Gasteiger partial charge on any atom is -0.355 e. The summed E-state index contributed by atoms with van der Waals surface area (Å²) in [5.74, 6) is 0.358. The van der Waals surface area contributed by atoms with E-state index in [0.717, 1.165) is 29.5 Å². The van der Waals surface area contributed by atoms with Crippen LogP contribution in [-0.2, 0) is 16.0 Å². The highest BCUT2D eigenvalue weighted by molar-refractivity contribution is 6.30. The summed E-state index contributed by atoms with van der Waals surface area (Å²) in [5, 5.41) is 14.8. The Hall–Kier alpha value is -3.20. The molecule has 1 aliphatic carbocycles. The number of anilines is 2. The van der Waals surface area contributed by atoms with Crippen molar-refractivity contribution in [1.29, 1.82) is 0 Å². The molecule has 2 amide bonds. The zero-order valence-electron chi connectivity index (χ0n) is 17.9. The summed E-state index contributed by atoms with van der Waals surface area (Å²) >= 11 is 6.22. The van der Waals surface area contributed by atoms with Gasteiger partial charge in [-0.15, -0.1) is 0 Å². The van der Waals surface area contributed by atoms with Gasteiger partial charge in [0.15, 0.2) is 5.65 Å². The standard InChI is InChI=1S/C22H26ClN7O2/c1-14(32)24-8-9-25-22-27-20(11-15-10-16(23)6-7-19(15)26-13-31)18-12-30(29-21(18)28-22)17-4-2-3-5-17/h6-7,10,12-13,17H,2-5,8-9,11H2,1H3,(H,24,32)(H,26,31)(H,25,28,29). The number of rotatable bonds is 9. The number of nitrogens with zero attached hydrogens (tertiary/aromatic N) is 4. The molecule has 1 fully saturated rings. The van der Waals surface area contributed by atoms with E-state index in [1.54, 1.807) is 12.1 Å². The van der Waals surface area contributed by atoms with Gasteiger partial charge in [0, 0.05) is 43.3 Å². The summed E-state index contributed by atoms with van der Waals surface area (Å²) in [5.41, 5.74) is 2.94. The summed E-state index contributed by atoms with van der Waals surface area (Å²) in [6.45, 7) is 2.43. The minimum atomic E-state index is -0.0877. The van der Waals surface area contributed by atoms with Crippen LogP contribution in [-0.4, -0.2) is 45.2 Å². The highest BCUT2D eigenvalue weighted by atomic mass is 35.5. The van der Waals surface area contributed by atoms with Crippen LogP contribution in [0.25, 0.3) is 11.0 Å². The first-order chi connectivity index (χ1) is 15.5. The molecule has 0 spiro atoms. The van der Waals surface area contributed by atoms with Gasteiger partial charge in [0.25, 0.3) is 0 Å². The van der Waals surface area contributed by atoms with Crippen LogP contribution in [0.5, 0.6) is 0 Å². The molecule has 0 saturated heterocycles. The second kappa shape index (κ2) is 9.95. The Morgan fingerprint density at radius 1 is 1.25 bits per heavy atom. The Bertz CT molecular complexity index is 1120. The number of halogens is 1. The Morgan fingerprint density at radius 2 is 2.06 bits per heavy atom. The average molecular weight is 456 g/mol. The number of fused-ring (bicyclic) bond motifs is 1. The molecule has 2 aromatic heterocycles. The third-order valence-electron chi connectivity index (χ3n) is 5.60. The van der Waals surface area contributed by atoms with E-state index in [1.807, 2.05) is 16.9 Å². The fourth-order valence-electron chi connectivity index (χ4n) is 4.06. The van der Waals surface area contributed by atoms with Gasteiger partial charge in [-0.1, -0.05) is 24.4 Å². The van der Waals surface area contributed by atoms with Crippen LogP contribution in [0.4, 0.5) is 11.6 Å². The van der Waals surface area contributed by atoms with Crippen LogP contribution >= 0.6 is 11.6 Å². The van der Waals surface area contributed by atoms with E-state index < -0.39 is 0 Å². The van der Waals surface area contributed by atoms with Crippen LogP contribution < -0.4 is 16.0 Å². The summed E-state index contributed by atoms with van der Waals surface area (Å²) in [7, 11) is 0. The maximum Gasteiger partial charge on any atom is 0.225 e. The van der Waals surface area contributed by atoms with Gasteiger partial charge in [0.2, 0.25) is 18.3 Å². The SMILES string of the molecule is CC(=O)NCCNc1nc(Cc2cc(Cl)ccc2NC=O)c2cn(C3CCCC3)nc2n1. The second-order valence-corrected chi connectivity index (χ2v) is 8.37. The van der Waals surface area contributed by atoms with Gasteiger partial charge in [0.1, 0.15) is 0 Å². The molecule has 3 aromatic rings. The summed E-state index contributed by atoms with van der Waals surface area (Å²) in [4.78, 5) is 31.5. The molecule has 168 valence electrons. The first-order valence-corrected chi connectivity index (χ1v) is 11.1. The van der Waals surface area contributed by atoms with E-state index in [-0.39, 0.29) is 5.91 Å². The molecule has 10 heteroatoms. The van der Waals surface area contributed by atoms with Gasteiger partial charge in [0.05, 0.1) is 17.1 Å². The molecule has 0 aliphatic heterocycles. The lowest BCUT2D eigenvalue weighted by atomic mass is 10.1. The molecule has 0 radical (unpaired) electrons. The number of hydrogen-bond donors (Lipinski definition) is 3. The van der Waals surface area contributed by atoms with Gasteiger partial charge >= 0.3 is 0 Å². The smallest absolute Gasteiger partial charge is 0.225 e. The van der Waals surface area contributed by atoms with Crippen molar-refractivity contribution in [2.24, 2.45) is 0 Å². The number of amides is 2. The molecule has 0 bridgehead atoms. The van der Waals surface area contributed by atoms with Crippen molar-refractivity contribution < 1.29 is 9.59 Å². The molecule has 9 nitrogen and oxygen atoms in total. The van der Waals surface area contributed by atoms with E-state index in [2.05, 4.69) is 20.9 Å². The van der Waals surface area contributed by atoms with Crippen LogP contribution in [0.3, 0.4) is 0 Å². The average Bonchev–Trinajstić information content (AvgIpc) is 3.43. The quantitative estimate of drug-likeness (QED) is 0.337. The maximum absolute atomic E-state index is 11.1. The minimum absolute atomic E-state index is 0.0877.